The lowest BCUT2D eigenvalue weighted by Crippen LogP contribution is -2.11. The van der Waals surface area contributed by atoms with Gasteiger partial charge in [0.1, 0.15) is 18.5 Å². The highest BCUT2D eigenvalue weighted by Crippen LogP contribution is 2.24. The zero-order chi connectivity index (χ0) is 14.5. The average molecular weight is 330 g/mol. The highest BCUT2D eigenvalue weighted by atomic mass is 79.9. The molecule has 2 aromatic rings. The van der Waals surface area contributed by atoms with Gasteiger partial charge in [-0.3, -0.25) is 4.57 Å². The molecule has 1 heterocycles. The second kappa shape index (κ2) is 6.33. The molecule has 20 heavy (non-hydrogen) atoms. The topological polar surface area (TPSA) is 77.4 Å². The number of benzene rings is 1. The maximum atomic E-state index is 9.15. The van der Waals surface area contributed by atoms with Crippen molar-refractivity contribution in [1.82, 2.24) is 14.9 Å². The van der Waals surface area contributed by atoms with Gasteiger partial charge in [-0.2, -0.15) is 10.5 Å². The van der Waals surface area contributed by atoms with E-state index >= 15 is 0 Å². The molecule has 0 atom stereocenters. The summed E-state index contributed by atoms with van der Waals surface area (Å²) in [5, 5.41) is 21.3. The summed E-state index contributed by atoms with van der Waals surface area (Å²) in [5.41, 5.74) is 2.31. The first kappa shape index (κ1) is 14.3. The molecule has 0 aliphatic rings. The maximum Gasteiger partial charge on any atom is 0.177 e. The van der Waals surface area contributed by atoms with Gasteiger partial charge in [0.2, 0.25) is 0 Å². The van der Waals surface area contributed by atoms with Crippen molar-refractivity contribution in [2.45, 2.75) is 13.5 Å². The van der Waals surface area contributed by atoms with E-state index in [1.165, 1.54) is 6.33 Å². The van der Waals surface area contributed by atoms with Crippen molar-refractivity contribution < 1.29 is 0 Å². The Bertz CT molecular complexity index is 705. The van der Waals surface area contributed by atoms with Crippen LogP contribution in [0.2, 0.25) is 0 Å². The van der Waals surface area contributed by atoms with Gasteiger partial charge in [0, 0.05) is 11.0 Å². The molecule has 0 bridgehead atoms. The van der Waals surface area contributed by atoms with Gasteiger partial charge in [-0.05, 0) is 40.2 Å². The molecule has 1 N–H and O–H groups in total. The van der Waals surface area contributed by atoms with E-state index in [-0.39, 0.29) is 11.4 Å². The third-order valence-electron chi connectivity index (χ3n) is 2.83. The largest absolute Gasteiger partial charge is 0.313 e. The van der Waals surface area contributed by atoms with Crippen LogP contribution in [0.4, 0.5) is 0 Å². The van der Waals surface area contributed by atoms with Crippen LogP contribution < -0.4 is 5.32 Å². The Hall–Kier alpha value is -2.15. The lowest BCUT2D eigenvalue weighted by atomic mass is 10.2. The van der Waals surface area contributed by atoms with Gasteiger partial charge in [0.25, 0.3) is 0 Å². The fourth-order valence-corrected chi connectivity index (χ4v) is 2.46. The van der Waals surface area contributed by atoms with E-state index in [2.05, 4.69) is 33.2 Å². The van der Waals surface area contributed by atoms with Crippen LogP contribution in [0.1, 0.15) is 23.9 Å². The van der Waals surface area contributed by atoms with Gasteiger partial charge < -0.3 is 5.32 Å². The molecule has 0 spiro atoms. The molecule has 1 aromatic heterocycles. The molecular formula is C14H12BrN5. The Labute approximate surface area is 125 Å². The fourth-order valence-electron chi connectivity index (χ4n) is 1.84. The van der Waals surface area contributed by atoms with Crippen molar-refractivity contribution in [3.8, 4) is 17.8 Å². The Morgan fingerprint density at radius 3 is 2.75 bits per heavy atom. The number of imidazole rings is 1. The van der Waals surface area contributed by atoms with Crippen molar-refractivity contribution in [3.05, 3.63) is 46.0 Å². The zero-order valence-electron chi connectivity index (χ0n) is 10.9. The van der Waals surface area contributed by atoms with Gasteiger partial charge in [-0.1, -0.05) is 13.0 Å². The van der Waals surface area contributed by atoms with Crippen LogP contribution >= 0.6 is 15.9 Å². The Kier molecular flexibility index (Phi) is 4.52. The van der Waals surface area contributed by atoms with Gasteiger partial charge in [-0.25, -0.2) is 4.98 Å². The molecule has 0 fully saturated rings. The molecule has 6 heteroatoms. The van der Waals surface area contributed by atoms with E-state index in [1.54, 1.807) is 4.57 Å². The summed E-state index contributed by atoms with van der Waals surface area (Å²) < 4.78 is 2.46. The quantitative estimate of drug-likeness (QED) is 0.934. The van der Waals surface area contributed by atoms with E-state index in [0.29, 0.717) is 0 Å². The highest BCUT2D eigenvalue weighted by Gasteiger charge is 2.13. The highest BCUT2D eigenvalue weighted by molar-refractivity contribution is 9.10. The number of aromatic nitrogens is 2. The van der Waals surface area contributed by atoms with Crippen molar-refractivity contribution >= 4 is 15.9 Å². The summed E-state index contributed by atoms with van der Waals surface area (Å²) in [5.74, 6) is 0. The normalized spacial score (nSPS) is 10.0. The van der Waals surface area contributed by atoms with Crippen molar-refractivity contribution in [1.29, 1.82) is 10.5 Å². The van der Waals surface area contributed by atoms with Crippen LogP contribution in [-0.4, -0.2) is 16.1 Å². The van der Waals surface area contributed by atoms with Gasteiger partial charge >= 0.3 is 0 Å². The van der Waals surface area contributed by atoms with Crippen LogP contribution in [0.3, 0.4) is 0 Å². The summed E-state index contributed by atoms with van der Waals surface area (Å²) in [7, 11) is 0. The van der Waals surface area contributed by atoms with Gasteiger partial charge in [0.05, 0.1) is 5.69 Å². The Morgan fingerprint density at radius 2 is 2.15 bits per heavy atom. The number of nitrogens with one attached hydrogen (secondary N) is 1. The lowest BCUT2D eigenvalue weighted by Gasteiger charge is -2.09. The number of halogens is 1. The van der Waals surface area contributed by atoms with Crippen LogP contribution in [-0.2, 0) is 6.54 Å². The van der Waals surface area contributed by atoms with E-state index in [9.17, 15) is 0 Å². The molecule has 0 unspecified atom stereocenters. The number of nitrogens with zero attached hydrogens (tertiary/aromatic N) is 4. The molecule has 0 amide bonds. The predicted octanol–water partition coefficient (Wildman–Crippen LogP) is 2.49. The summed E-state index contributed by atoms with van der Waals surface area (Å²) in [6.07, 6.45) is 1.49. The summed E-state index contributed by atoms with van der Waals surface area (Å²) in [4.78, 5) is 3.94. The van der Waals surface area contributed by atoms with E-state index < -0.39 is 0 Å². The monoisotopic (exact) mass is 329 g/mol. The molecule has 100 valence electrons. The molecule has 0 aliphatic heterocycles. The molecule has 0 saturated heterocycles. The molecule has 1 aromatic carbocycles. The van der Waals surface area contributed by atoms with Crippen LogP contribution in [0.5, 0.6) is 0 Å². The van der Waals surface area contributed by atoms with Crippen molar-refractivity contribution in [3.63, 3.8) is 0 Å². The SMILES string of the molecule is CCNCc1ccc(-n2cnc(C#N)c2C#N)c(Br)c1. The summed E-state index contributed by atoms with van der Waals surface area (Å²) >= 11 is 3.50. The smallest absolute Gasteiger partial charge is 0.177 e. The minimum atomic E-state index is 0.135. The number of hydrogen-bond donors (Lipinski definition) is 1. The molecule has 5 nitrogen and oxygen atoms in total. The average Bonchev–Trinajstić information content (AvgIpc) is 2.87. The van der Waals surface area contributed by atoms with Crippen LogP contribution in [0, 0.1) is 22.7 Å². The van der Waals surface area contributed by atoms with Crippen LogP contribution in [0.15, 0.2) is 29.0 Å². The van der Waals surface area contributed by atoms with Crippen molar-refractivity contribution in [2.75, 3.05) is 6.54 Å². The first-order chi connectivity index (χ1) is 9.71. The second-order valence-electron chi connectivity index (χ2n) is 4.10. The number of hydrogen-bond acceptors (Lipinski definition) is 4. The first-order valence-electron chi connectivity index (χ1n) is 6.08. The lowest BCUT2D eigenvalue weighted by molar-refractivity contribution is 0.726. The van der Waals surface area contributed by atoms with Gasteiger partial charge in [-0.15, -0.1) is 0 Å². The standard InChI is InChI=1S/C14H12BrN5/c1-2-18-8-10-3-4-13(11(15)5-10)20-9-19-12(6-16)14(20)7-17/h3-5,9,18H,2,8H2,1H3. The molecule has 0 radical (unpaired) electrons. The van der Waals surface area contributed by atoms with E-state index in [4.69, 9.17) is 10.5 Å². The second-order valence-corrected chi connectivity index (χ2v) is 4.96. The third kappa shape index (κ3) is 2.72. The van der Waals surface area contributed by atoms with E-state index in [1.807, 2.05) is 30.3 Å². The summed E-state index contributed by atoms with van der Waals surface area (Å²) in [6, 6.07) is 9.81. The minimum absolute atomic E-state index is 0.135. The Balaban J connectivity index is 2.42. The molecular weight excluding hydrogens is 318 g/mol. The van der Waals surface area contributed by atoms with Gasteiger partial charge in [0.15, 0.2) is 11.4 Å². The summed E-state index contributed by atoms with van der Waals surface area (Å²) in [6.45, 7) is 3.75. The minimum Gasteiger partial charge on any atom is -0.313 e. The van der Waals surface area contributed by atoms with Crippen molar-refractivity contribution in [2.24, 2.45) is 0 Å². The molecule has 0 saturated carbocycles. The Morgan fingerprint density at radius 1 is 1.35 bits per heavy atom. The third-order valence-corrected chi connectivity index (χ3v) is 3.47. The van der Waals surface area contributed by atoms with Crippen LogP contribution in [0.25, 0.3) is 5.69 Å². The fraction of sp³-hybridized carbons (Fsp3) is 0.214. The molecule has 0 aliphatic carbocycles. The number of rotatable bonds is 4. The predicted molar refractivity (Wildman–Crippen MR) is 78.1 cm³/mol. The molecule has 2 rings (SSSR count). The van der Waals surface area contributed by atoms with E-state index in [0.717, 1.165) is 28.8 Å². The zero-order valence-corrected chi connectivity index (χ0v) is 12.5. The maximum absolute atomic E-state index is 9.15. The number of nitriles is 2. The first-order valence-corrected chi connectivity index (χ1v) is 6.87.